The highest BCUT2D eigenvalue weighted by molar-refractivity contribution is 6.33. The second-order valence-electron chi connectivity index (χ2n) is 7.29. The molecule has 1 aliphatic heterocycles. The molecule has 2 fully saturated rings. The minimum absolute atomic E-state index is 0.0334. The van der Waals surface area contributed by atoms with E-state index < -0.39 is 0 Å². The average Bonchev–Trinajstić information content (AvgIpc) is 3.25. The number of hydrogen-bond acceptors (Lipinski definition) is 4. The Hall–Kier alpha value is -2.84. The lowest BCUT2D eigenvalue weighted by Crippen LogP contribution is -2.30. The van der Waals surface area contributed by atoms with E-state index in [1.54, 1.807) is 41.3 Å². The van der Waals surface area contributed by atoms with Gasteiger partial charge in [-0.3, -0.25) is 4.79 Å². The normalized spacial score (nSPS) is 23.4. The Bertz CT molecular complexity index is 983. The van der Waals surface area contributed by atoms with E-state index in [0.29, 0.717) is 41.1 Å². The summed E-state index contributed by atoms with van der Waals surface area (Å²) in [6, 6.07) is 14.4. The summed E-state index contributed by atoms with van der Waals surface area (Å²) in [7, 11) is 0. The molecule has 1 saturated carbocycles. The number of fused-ring (bicyclic) bond motifs is 1. The maximum Gasteiger partial charge on any atom is 0.338 e. The molecule has 0 aromatic heterocycles. The SMILES string of the molecule is Cc1c(N2C[C@H]3[C@@H](OC(=O)c4ccccc4)CC[C@H]3C2=O)ccc(C#N)c1Cl. The van der Waals surface area contributed by atoms with E-state index >= 15 is 0 Å². The van der Waals surface area contributed by atoms with Gasteiger partial charge in [0.2, 0.25) is 5.91 Å². The van der Waals surface area contributed by atoms with Crippen LogP contribution in [0.2, 0.25) is 5.02 Å². The number of nitriles is 1. The fourth-order valence-corrected chi connectivity index (χ4v) is 4.48. The number of hydrogen-bond donors (Lipinski definition) is 0. The van der Waals surface area contributed by atoms with Crippen molar-refractivity contribution in [2.75, 3.05) is 11.4 Å². The standard InChI is InChI=1S/C22H19ClN2O3/c1-13-18(9-7-15(11-24)20(13)23)25-12-17-16(21(25)26)8-10-19(17)28-22(27)14-5-3-2-4-6-14/h2-7,9,16-17,19H,8,10,12H2,1H3/t16-,17-,19+/m1/s1. The van der Waals surface area contributed by atoms with Crippen LogP contribution in [0, 0.1) is 30.1 Å². The van der Waals surface area contributed by atoms with Crippen molar-refractivity contribution in [2.24, 2.45) is 11.8 Å². The van der Waals surface area contributed by atoms with Crippen LogP contribution in [0.4, 0.5) is 5.69 Å². The van der Waals surface area contributed by atoms with Gasteiger partial charge in [-0.2, -0.15) is 5.26 Å². The van der Waals surface area contributed by atoms with E-state index in [1.165, 1.54) is 0 Å². The number of esters is 1. The number of nitrogens with zero attached hydrogens (tertiary/aromatic N) is 2. The van der Waals surface area contributed by atoms with Gasteiger partial charge in [0.15, 0.2) is 0 Å². The van der Waals surface area contributed by atoms with Gasteiger partial charge < -0.3 is 9.64 Å². The zero-order chi connectivity index (χ0) is 19.8. The minimum Gasteiger partial charge on any atom is -0.458 e. The molecule has 0 spiro atoms. The van der Waals surface area contributed by atoms with Crippen LogP contribution in [0.3, 0.4) is 0 Å². The number of halogens is 1. The van der Waals surface area contributed by atoms with Crippen molar-refractivity contribution in [1.82, 2.24) is 0 Å². The molecule has 4 rings (SSSR count). The monoisotopic (exact) mass is 394 g/mol. The minimum atomic E-state index is -0.352. The topological polar surface area (TPSA) is 70.4 Å². The number of carbonyl (C=O) groups excluding carboxylic acids is 2. The molecule has 0 radical (unpaired) electrons. The molecular weight excluding hydrogens is 376 g/mol. The Kier molecular flexibility index (Phi) is 4.82. The first kappa shape index (κ1) is 18.5. The van der Waals surface area contributed by atoms with Crippen molar-refractivity contribution in [3.63, 3.8) is 0 Å². The molecule has 142 valence electrons. The summed E-state index contributed by atoms with van der Waals surface area (Å²) in [5.74, 6) is -0.502. The van der Waals surface area contributed by atoms with Crippen LogP contribution in [-0.4, -0.2) is 24.5 Å². The molecular formula is C22H19ClN2O3. The van der Waals surface area contributed by atoms with Gasteiger partial charge in [0.05, 0.1) is 16.1 Å². The van der Waals surface area contributed by atoms with Gasteiger partial charge in [-0.25, -0.2) is 4.79 Å². The number of ether oxygens (including phenoxy) is 1. The van der Waals surface area contributed by atoms with Gasteiger partial charge in [0.1, 0.15) is 12.2 Å². The highest BCUT2D eigenvalue weighted by atomic mass is 35.5. The summed E-state index contributed by atoms with van der Waals surface area (Å²) < 4.78 is 5.75. The first-order valence-electron chi connectivity index (χ1n) is 9.28. The van der Waals surface area contributed by atoms with E-state index in [9.17, 15) is 9.59 Å². The predicted octanol–water partition coefficient (Wildman–Crippen LogP) is 4.12. The Balaban J connectivity index is 1.54. The van der Waals surface area contributed by atoms with Gasteiger partial charge in [-0.1, -0.05) is 29.8 Å². The van der Waals surface area contributed by atoms with Gasteiger partial charge in [-0.15, -0.1) is 0 Å². The predicted molar refractivity (Wildman–Crippen MR) is 105 cm³/mol. The van der Waals surface area contributed by atoms with E-state index in [0.717, 1.165) is 5.69 Å². The second kappa shape index (κ2) is 7.29. The van der Waals surface area contributed by atoms with E-state index in [-0.39, 0.29) is 29.8 Å². The molecule has 6 heteroatoms. The summed E-state index contributed by atoms with van der Waals surface area (Å²) in [6.45, 7) is 2.30. The molecule has 1 amide bonds. The quantitative estimate of drug-likeness (QED) is 0.734. The van der Waals surface area contributed by atoms with E-state index in [4.69, 9.17) is 21.6 Å². The van der Waals surface area contributed by atoms with Gasteiger partial charge >= 0.3 is 5.97 Å². The summed E-state index contributed by atoms with van der Waals surface area (Å²) in [5.41, 5.74) is 2.34. The molecule has 28 heavy (non-hydrogen) atoms. The molecule has 1 aliphatic carbocycles. The van der Waals surface area contributed by atoms with Crippen molar-refractivity contribution in [3.8, 4) is 6.07 Å². The second-order valence-corrected chi connectivity index (χ2v) is 7.67. The molecule has 1 heterocycles. The Morgan fingerprint density at radius 3 is 2.68 bits per heavy atom. The largest absolute Gasteiger partial charge is 0.458 e. The fourth-order valence-electron chi connectivity index (χ4n) is 4.28. The maximum atomic E-state index is 13.0. The number of amides is 1. The highest BCUT2D eigenvalue weighted by Gasteiger charge is 2.50. The molecule has 2 aromatic rings. The summed E-state index contributed by atoms with van der Waals surface area (Å²) in [4.78, 5) is 27.1. The van der Waals surface area contributed by atoms with Gasteiger partial charge in [0.25, 0.3) is 0 Å². The first-order valence-corrected chi connectivity index (χ1v) is 9.65. The molecule has 2 aliphatic rings. The van der Waals surface area contributed by atoms with Crippen molar-refractivity contribution in [2.45, 2.75) is 25.9 Å². The molecule has 0 bridgehead atoms. The number of benzene rings is 2. The third kappa shape index (κ3) is 3.04. The summed E-state index contributed by atoms with van der Waals surface area (Å²) >= 11 is 6.28. The van der Waals surface area contributed by atoms with Crippen molar-refractivity contribution in [1.29, 1.82) is 5.26 Å². The van der Waals surface area contributed by atoms with Crippen LogP contribution in [0.5, 0.6) is 0 Å². The molecule has 0 unspecified atom stereocenters. The van der Waals surface area contributed by atoms with Crippen LogP contribution in [0.25, 0.3) is 0 Å². The van der Waals surface area contributed by atoms with Crippen molar-refractivity contribution in [3.05, 3.63) is 64.2 Å². The molecule has 1 saturated heterocycles. The van der Waals surface area contributed by atoms with Crippen LogP contribution in [0.1, 0.15) is 34.3 Å². The fraction of sp³-hybridized carbons (Fsp3) is 0.318. The lowest BCUT2D eigenvalue weighted by molar-refractivity contribution is -0.120. The van der Waals surface area contributed by atoms with Crippen molar-refractivity contribution >= 4 is 29.2 Å². The maximum absolute atomic E-state index is 13.0. The molecule has 3 atom stereocenters. The number of rotatable bonds is 3. The molecule has 2 aromatic carbocycles. The van der Waals surface area contributed by atoms with Gasteiger partial charge in [0, 0.05) is 24.1 Å². The molecule has 5 nitrogen and oxygen atoms in total. The lowest BCUT2D eigenvalue weighted by atomic mass is 9.99. The Morgan fingerprint density at radius 1 is 1.21 bits per heavy atom. The number of anilines is 1. The molecule has 0 N–H and O–H groups in total. The average molecular weight is 395 g/mol. The van der Waals surface area contributed by atoms with Crippen molar-refractivity contribution < 1.29 is 14.3 Å². The van der Waals surface area contributed by atoms with Crippen LogP contribution < -0.4 is 4.90 Å². The van der Waals surface area contributed by atoms with E-state index in [2.05, 4.69) is 6.07 Å². The van der Waals surface area contributed by atoms with Gasteiger partial charge in [-0.05, 0) is 49.6 Å². The summed E-state index contributed by atoms with van der Waals surface area (Å²) in [6.07, 6.45) is 1.12. The smallest absolute Gasteiger partial charge is 0.338 e. The summed E-state index contributed by atoms with van der Waals surface area (Å²) in [5, 5.41) is 9.50. The zero-order valence-electron chi connectivity index (χ0n) is 15.4. The zero-order valence-corrected chi connectivity index (χ0v) is 16.1. The first-order chi connectivity index (χ1) is 13.5. The van der Waals surface area contributed by atoms with Crippen LogP contribution in [0.15, 0.2) is 42.5 Å². The van der Waals surface area contributed by atoms with E-state index in [1.807, 2.05) is 13.0 Å². The van der Waals surface area contributed by atoms with Crippen LogP contribution >= 0.6 is 11.6 Å². The number of carbonyl (C=O) groups is 2. The highest BCUT2D eigenvalue weighted by Crippen LogP contribution is 2.44. The third-order valence-electron chi connectivity index (χ3n) is 5.77. The third-order valence-corrected chi connectivity index (χ3v) is 6.26. The lowest BCUT2D eigenvalue weighted by Gasteiger charge is -2.23. The Labute approximate surface area is 168 Å². The Morgan fingerprint density at radius 2 is 1.96 bits per heavy atom. The van der Waals surface area contributed by atoms with Crippen LogP contribution in [-0.2, 0) is 9.53 Å².